The molecular formula is C14H15BrN2O3. The maximum Gasteiger partial charge on any atom is 0.209 e. The molecular weight excluding hydrogens is 324 g/mol. The minimum Gasteiger partial charge on any atom is -0.595 e. The predicted molar refractivity (Wildman–Crippen MR) is 80.3 cm³/mol. The van der Waals surface area contributed by atoms with Gasteiger partial charge in [0, 0.05) is 22.0 Å². The van der Waals surface area contributed by atoms with Crippen molar-refractivity contribution < 1.29 is 14.7 Å². The molecule has 106 valence electrons. The molecule has 0 aliphatic rings. The van der Waals surface area contributed by atoms with E-state index in [0.29, 0.717) is 17.2 Å². The summed E-state index contributed by atoms with van der Waals surface area (Å²) in [7, 11) is 0. The van der Waals surface area contributed by atoms with Crippen molar-refractivity contribution in [1.29, 1.82) is 0 Å². The number of nitrogens with zero attached hydrogens (tertiary/aromatic N) is 2. The third-order valence-electron chi connectivity index (χ3n) is 2.14. The third kappa shape index (κ3) is 6.92. The summed E-state index contributed by atoms with van der Waals surface area (Å²) in [5, 5.41) is 23.9. The molecule has 0 heterocycles. The molecule has 1 unspecified atom stereocenters. The van der Waals surface area contributed by atoms with Crippen LogP contribution in [0.25, 0.3) is 6.08 Å². The molecule has 0 spiro atoms. The van der Waals surface area contributed by atoms with Gasteiger partial charge in [0.05, 0.1) is 6.10 Å². The number of aliphatic hydroxyl groups is 1. The van der Waals surface area contributed by atoms with Crippen LogP contribution in [-0.4, -0.2) is 29.2 Å². The number of ether oxygens (including phenoxy) is 1. The van der Waals surface area contributed by atoms with Crippen LogP contribution in [0.15, 0.2) is 35.6 Å². The van der Waals surface area contributed by atoms with E-state index in [1.807, 2.05) is 12.1 Å². The zero-order valence-corrected chi connectivity index (χ0v) is 12.6. The number of azo groups is 1. The van der Waals surface area contributed by atoms with Gasteiger partial charge in [0.15, 0.2) is 0 Å². The molecule has 0 saturated carbocycles. The number of hydrogen-bond acceptors (Lipinski definition) is 4. The smallest absolute Gasteiger partial charge is 0.209 e. The summed E-state index contributed by atoms with van der Waals surface area (Å²) in [6.07, 6.45) is 2.29. The van der Waals surface area contributed by atoms with Gasteiger partial charge in [0.2, 0.25) is 6.20 Å². The first-order valence-electron chi connectivity index (χ1n) is 5.93. The van der Waals surface area contributed by atoms with Gasteiger partial charge in [-0.3, -0.25) is 0 Å². The summed E-state index contributed by atoms with van der Waals surface area (Å²) in [4.78, 5) is 2.99. The summed E-state index contributed by atoms with van der Waals surface area (Å²) in [5.41, 5.74) is 0.844. The van der Waals surface area contributed by atoms with Gasteiger partial charge < -0.3 is 15.1 Å². The van der Waals surface area contributed by atoms with Crippen LogP contribution in [0.5, 0.6) is 5.75 Å². The van der Waals surface area contributed by atoms with Crippen LogP contribution in [0.2, 0.25) is 0 Å². The second-order valence-corrected chi connectivity index (χ2v) is 4.32. The average molecular weight is 339 g/mol. The predicted octanol–water partition coefficient (Wildman–Crippen LogP) is 2.74. The van der Waals surface area contributed by atoms with Crippen molar-refractivity contribution in [1.82, 2.24) is 0 Å². The molecule has 1 atom stereocenters. The Kier molecular flexibility index (Phi) is 7.40. The van der Waals surface area contributed by atoms with Crippen molar-refractivity contribution in [2.24, 2.45) is 5.11 Å². The molecule has 6 heteroatoms. The maximum absolute atomic E-state index is 11.3. The molecule has 1 N–H and O–H groups in total. The van der Waals surface area contributed by atoms with E-state index < -0.39 is 6.10 Å². The summed E-state index contributed by atoms with van der Waals surface area (Å²) in [5.74, 6) is 3.43. The van der Waals surface area contributed by atoms with Gasteiger partial charge in [-0.1, -0.05) is 17.0 Å². The fraction of sp³-hybridized carbons (Fsp3) is 0.286. The molecule has 0 amide bonds. The van der Waals surface area contributed by atoms with Gasteiger partial charge in [-0.25, -0.2) is 0 Å². The highest BCUT2D eigenvalue weighted by Crippen LogP contribution is 2.13. The number of benzene rings is 1. The van der Waals surface area contributed by atoms with E-state index in [4.69, 9.17) is 9.84 Å². The van der Waals surface area contributed by atoms with Gasteiger partial charge >= 0.3 is 0 Å². The van der Waals surface area contributed by atoms with Crippen LogP contribution < -0.4 is 4.74 Å². The summed E-state index contributed by atoms with van der Waals surface area (Å²) >= 11 is 2.98. The van der Waals surface area contributed by atoms with Crippen molar-refractivity contribution in [3.8, 4) is 16.5 Å². The lowest BCUT2D eigenvalue weighted by Gasteiger charge is -2.01. The summed E-state index contributed by atoms with van der Waals surface area (Å²) in [6, 6.07) is 7.21. The molecule has 1 rings (SSSR count). The van der Waals surface area contributed by atoms with Crippen LogP contribution in [-0.2, 0) is 0 Å². The van der Waals surface area contributed by atoms with Gasteiger partial charge in [-0.2, -0.15) is 0 Å². The second-order valence-electron chi connectivity index (χ2n) is 3.92. The van der Waals surface area contributed by atoms with Gasteiger partial charge in [-0.15, -0.1) is 0 Å². The van der Waals surface area contributed by atoms with E-state index in [-0.39, 0.29) is 6.54 Å². The van der Waals surface area contributed by atoms with E-state index in [0.717, 1.165) is 5.56 Å². The molecule has 0 saturated heterocycles. The lowest BCUT2D eigenvalue weighted by molar-refractivity contribution is -0.458. The summed E-state index contributed by atoms with van der Waals surface area (Å²) < 4.78 is 5.35. The molecule has 0 fully saturated rings. The minimum atomic E-state index is -0.626. The Balaban J connectivity index is 2.55. The molecule has 0 radical (unpaired) electrons. The molecule has 5 nitrogen and oxygen atoms in total. The first-order chi connectivity index (χ1) is 9.61. The van der Waals surface area contributed by atoms with E-state index in [9.17, 15) is 5.21 Å². The third-order valence-corrected chi connectivity index (χ3v) is 2.42. The molecule has 0 aliphatic carbocycles. The van der Waals surface area contributed by atoms with E-state index in [1.165, 1.54) is 6.20 Å². The van der Waals surface area contributed by atoms with Gasteiger partial charge in [0.25, 0.3) is 0 Å². The quantitative estimate of drug-likeness (QED) is 0.375. The fourth-order valence-corrected chi connectivity index (χ4v) is 1.33. The topological polar surface area (TPSA) is 67.9 Å². The van der Waals surface area contributed by atoms with Gasteiger partial charge in [-0.05, 0) is 40.5 Å². The fourth-order valence-electron chi connectivity index (χ4n) is 1.22. The van der Waals surface area contributed by atoms with Crippen molar-refractivity contribution in [3.63, 3.8) is 0 Å². The number of hydroxylamine groups is 1. The molecule has 0 bridgehead atoms. The lowest BCUT2D eigenvalue weighted by atomic mass is 10.2. The van der Waals surface area contributed by atoms with E-state index >= 15 is 0 Å². The van der Waals surface area contributed by atoms with E-state index in [1.54, 1.807) is 25.1 Å². The number of hydrogen-bond donors (Lipinski definition) is 1. The lowest BCUT2D eigenvalue weighted by Crippen LogP contribution is -2.06. The van der Waals surface area contributed by atoms with Crippen LogP contribution in [0.3, 0.4) is 0 Å². The standard InChI is InChI=1S/C14H15BrN2O3/c1-12(18)11-16-17(19)9-7-13-3-5-14(6-4-13)20-10-2-8-15/h3-7,9,12,18H,10-11H2,1H3/b9-7+,17-16?. The normalized spacial score (nSPS) is 12.8. The van der Waals surface area contributed by atoms with Crippen molar-refractivity contribution in [2.75, 3.05) is 13.2 Å². The van der Waals surface area contributed by atoms with Crippen molar-refractivity contribution >= 4 is 22.0 Å². The Hall–Kier alpha value is -1.84. The highest BCUT2D eigenvalue weighted by Gasteiger charge is 1.96. The molecule has 1 aromatic rings. The molecule has 0 aromatic heterocycles. The Morgan fingerprint density at radius 2 is 2.20 bits per heavy atom. The molecule has 1 aromatic carbocycles. The van der Waals surface area contributed by atoms with Crippen molar-refractivity contribution in [3.05, 3.63) is 41.2 Å². The number of halogens is 1. The first kappa shape index (κ1) is 16.2. The Bertz CT molecular complexity index is 528. The van der Waals surface area contributed by atoms with Crippen LogP contribution in [0.1, 0.15) is 12.5 Å². The number of aliphatic hydroxyl groups excluding tert-OH is 1. The zero-order chi connectivity index (χ0) is 14.8. The number of rotatable bonds is 6. The monoisotopic (exact) mass is 338 g/mol. The zero-order valence-electron chi connectivity index (χ0n) is 11.0. The average Bonchev–Trinajstić information content (AvgIpc) is 2.44. The summed E-state index contributed by atoms with van der Waals surface area (Å²) in [6.45, 7) is 1.96. The highest BCUT2D eigenvalue weighted by molar-refractivity contribution is 9.12. The maximum atomic E-state index is 11.3. The van der Waals surface area contributed by atoms with Crippen LogP contribution in [0.4, 0.5) is 0 Å². The Morgan fingerprint density at radius 3 is 2.80 bits per heavy atom. The Morgan fingerprint density at radius 1 is 1.50 bits per heavy atom. The largest absolute Gasteiger partial charge is 0.595 e. The first-order valence-corrected chi connectivity index (χ1v) is 6.72. The SMILES string of the molecule is CC(O)CN=[N+]([O-])/C=C/c1ccc(OCC#CBr)cc1. The molecule has 0 aliphatic heterocycles. The van der Waals surface area contributed by atoms with E-state index in [2.05, 4.69) is 31.8 Å². The highest BCUT2D eigenvalue weighted by atomic mass is 79.9. The second kappa shape index (κ2) is 9.13. The van der Waals surface area contributed by atoms with Crippen molar-refractivity contribution in [2.45, 2.75) is 13.0 Å². The minimum absolute atomic E-state index is 0.0786. The Labute approximate surface area is 126 Å². The van der Waals surface area contributed by atoms with Gasteiger partial charge in [0.1, 0.15) is 18.9 Å². The molecule has 20 heavy (non-hydrogen) atoms. The van der Waals surface area contributed by atoms with Crippen LogP contribution in [0, 0.1) is 16.0 Å². The van der Waals surface area contributed by atoms with Crippen LogP contribution >= 0.6 is 15.9 Å².